The van der Waals surface area contributed by atoms with Crippen LogP contribution in [-0.4, -0.2) is 47.1 Å². The number of thiocarbonyl (C=S) groups is 1. The monoisotopic (exact) mass is 423 g/mol. The molecule has 6 rings (SSSR count). The van der Waals surface area contributed by atoms with Crippen LogP contribution in [0.5, 0.6) is 0 Å². The second-order valence-electron chi connectivity index (χ2n) is 9.00. The van der Waals surface area contributed by atoms with E-state index in [0.29, 0.717) is 10.0 Å². The number of halogens is 2. The van der Waals surface area contributed by atoms with Gasteiger partial charge in [0, 0.05) is 37.9 Å². The minimum atomic E-state index is 0.552. The molecule has 4 aliphatic carbocycles. The molecule has 5 fully saturated rings. The van der Waals surface area contributed by atoms with Crippen LogP contribution in [0.25, 0.3) is 0 Å². The number of rotatable bonds is 2. The molecule has 0 amide bonds. The Labute approximate surface area is 177 Å². The zero-order valence-corrected chi connectivity index (χ0v) is 17.9. The average molecular weight is 424 g/mol. The molecule has 1 aliphatic heterocycles. The summed E-state index contributed by atoms with van der Waals surface area (Å²) >= 11 is 17.8. The lowest BCUT2D eigenvalue weighted by Gasteiger charge is -2.58. The Balaban J connectivity index is 1.18. The molecule has 0 spiro atoms. The summed E-state index contributed by atoms with van der Waals surface area (Å²) in [5, 5.41) is 5.23. The molecule has 4 saturated carbocycles. The van der Waals surface area contributed by atoms with Crippen molar-refractivity contribution in [1.82, 2.24) is 9.80 Å². The molecular formula is C21H27Cl2N3S. The van der Waals surface area contributed by atoms with Gasteiger partial charge < -0.3 is 10.2 Å². The molecule has 1 aromatic rings. The van der Waals surface area contributed by atoms with Gasteiger partial charge in [0.25, 0.3) is 0 Å². The Morgan fingerprint density at radius 2 is 1.52 bits per heavy atom. The summed E-state index contributed by atoms with van der Waals surface area (Å²) in [5.41, 5.74) is 0.901. The van der Waals surface area contributed by atoms with Crippen molar-refractivity contribution >= 4 is 46.2 Å². The molecule has 146 valence electrons. The summed E-state index contributed by atoms with van der Waals surface area (Å²) in [4.78, 5) is 5.09. The molecule has 0 radical (unpaired) electrons. The van der Waals surface area contributed by atoms with Gasteiger partial charge in [0.2, 0.25) is 0 Å². The third kappa shape index (κ3) is 3.59. The van der Waals surface area contributed by atoms with Gasteiger partial charge in [-0.3, -0.25) is 4.90 Å². The van der Waals surface area contributed by atoms with Crippen molar-refractivity contribution in [3.8, 4) is 0 Å². The van der Waals surface area contributed by atoms with E-state index in [1.165, 1.54) is 32.1 Å². The van der Waals surface area contributed by atoms with Gasteiger partial charge in [-0.1, -0.05) is 23.2 Å². The van der Waals surface area contributed by atoms with Crippen LogP contribution in [0.1, 0.15) is 32.1 Å². The van der Waals surface area contributed by atoms with E-state index in [-0.39, 0.29) is 0 Å². The predicted octanol–water partition coefficient (Wildman–Crippen LogP) is 5.13. The summed E-state index contributed by atoms with van der Waals surface area (Å²) in [6.45, 7) is 4.29. The first-order valence-electron chi connectivity index (χ1n) is 10.3. The minimum Gasteiger partial charge on any atom is -0.346 e. The molecule has 1 aromatic carbocycles. The summed E-state index contributed by atoms with van der Waals surface area (Å²) in [5.74, 6) is 4.03. The molecule has 6 heteroatoms. The Bertz CT molecular complexity index is 704. The van der Waals surface area contributed by atoms with Gasteiger partial charge in [-0.2, -0.15) is 0 Å². The quantitative estimate of drug-likeness (QED) is 0.663. The highest BCUT2D eigenvalue weighted by molar-refractivity contribution is 7.80. The molecule has 4 bridgehead atoms. The summed E-state index contributed by atoms with van der Waals surface area (Å²) in [6, 6.07) is 6.40. The molecule has 1 saturated heterocycles. The van der Waals surface area contributed by atoms with E-state index in [2.05, 4.69) is 15.1 Å². The van der Waals surface area contributed by atoms with Crippen LogP contribution in [0.2, 0.25) is 10.0 Å². The van der Waals surface area contributed by atoms with Gasteiger partial charge >= 0.3 is 0 Å². The fourth-order valence-electron chi connectivity index (χ4n) is 6.49. The molecule has 27 heavy (non-hydrogen) atoms. The normalized spacial score (nSPS) is 35.5. The third-order valence-electron chi connectivity index (χ3n) is 7.37. The molecule has 3 nitrogen and oxygen atoms in total. The number of hydrogen-bond acceptors (Lipinski definition) is 2. The molecule has 1 heterocycles. The number of nitrogens with one attached hydrogen (secondary N) is 1. The second kappa shape index (κ2) is 7.37. The van der Waals surface area contributed by atoms with Crippen LogP contribution in [0.3, 0.4) is 0 Å². The highest BCUT2D eigenvalue weighted by Gasteiger charge is 2.50. The van der Waals surface area contributed by atoms with Crippen molar-refractivity contribution in [3.05, 3.63) is 28.2 Å². The lowest BCUT2D eigenvalue weighted by Crippen LogP contribution is -2.60. The first-order chi connectivity index (χ1) is 13.1. The Hall–Kier alpha value is -0.550. The smallest absolute Gasteiger partial charge is 0.173 e. The van der Waals surface area contributed by atoms with Crippen molar-refractivity contribution in [2.45, 2.75) is 38.1 Å². The summed E-state index contributed by atoms with van der Waals surface area (Å²) < 4.78 is 0. The maximum absolute atomic E-state index is 6.11. The van der Waals surface area contributed by atoms with Gasteiger partial charge in [0.15, 0.2) is 5.11 Å². The van der Waals surface area contributed by atoms with Crippen LogP contribution in [0.4, 0.5) is 5.69 Å². The van der Waals surface area contributed by atoms with Gasteiger partial charge in [-0.25, -0.2) is 0 Å². The van der Waals surface area contributed by atoms with Crippen LogP contribution in [0.15, 0.2) is 18.2 Å². The predicted molar refractivity (Wildman–Crippen MR) is 117 cm³/mol. The highest BCUT2D eigenvalue weighted by Crippen LogP contribution is 2.55. The molecule has 5 aliphatic rings. The summed E-state index contributed by atoms with van der Waals surface area (Å²) in [6.07, 6.45) is 7.51. The first kappa shape index (κ1) is 18.5. The molecular weight excluding hydrogens is 397 g/mol. The Morgan fingerprint density at radius 1 is 0.889 bits per heavy atom. The van der Waals surface area contributed by atoms with E-state index in [9.17, 15) is 0 Å². The highest BCUT2D eigenvalue weighted by atomic mass is 35.5. The van der Waals surface area contributed by atoms with E-state index in [1.807, 2.05) is 12.1 Å². The van der Waals surface area contributed by atoms with Crippen LogP contribution in [-0.2, 0) is 0 Å². The van der Waals surface area contributed by atoms with Crippen LogP contribution >= 0.6 is 35.4 Å². The maximum Gasteiger partial charge on any atom is 0.173 e. The Kier molecular flexibility index (Phi) is 5.04. The van der Waals surface area contributed by atoms with E-state index in [1.54, 1.807) is 6.07 Å². The Morgan fingerprint density at radius 3 is 2.11 bits per heavy atom. The number of piperazine rings is 1. The van der Waals surface area contributed by atoms with Crippen molar-refractivity contribution in [2.24, 2.45) is 23.7 Å². The van der Waals surface area contributed by atoms with Gasteiger partial charge in [-0.15, -0.1) is 0 Å². The third-order valence-corrected chi connectivity index (χ3v) is 8.47. The largest absolute Gasteiger partial charge is 0.346 e. The fraction of sp³-hybridized carbons (Fsp3) is 0.667. The van der Waals surface area contributed by atoms with E-state index in [4.69, 9.17) is 35.4 Å². The van der Waals surface area contributed by atoms with Gasteiger partial charge in [-0.05, 0) is 86.2 Å². The van der Waals surface area contributed by atoms with Crippen LogP contribution in [0, 0.1) is 23.7 Å². The molecule has 0 atom stereocenters. The lowest BCUT2D eigenvalue weighted by molar-refractivity contribution is -0.0726. The van der Waals surface area contributed by atoms with E-state index >= 15 is 0 Å². The standard InChI is InChI=1S/C21H27Cl2N3S/c22-18-2-1-17(12-19(18)23)24-21(27)26-5-3-25(4-6-26)20-15-8-13-7-14(10-15)11-16(20)9-13/h1-2,12-16,20H,3-11H2,(H,24,27). The first-order valence-corrected chi connectivity index (χ1v) is 11.5. The lowest BCUT2D eigenvalue weighted by atomic mass is 9.54. The zero-order valence-electron chi connectivity index (χ0n) is 15.5. The van der Waals surface area contributed by atoms with Crippen molar-refractivity contribution < 1.29 is 0 Å². The zero-order chi connectivity index (χ0) is 18.5. The van der Waals surface area contributed by atoms with E-state index in [0.717, 1.165) is 66.7 Å². The van der Waals surface area contributed by atoms with Crippen LogP contribution < -0.4 is 5.32 Å². The molecule has 0 unspecified atom stereocenters. The SMILES string of the molecule is S=C(Nc1ccc(Cl)c(Cl)c1)N1CCN(C2C3CC4CC(C3)CC2C4)CC1. The van der Waals surface area contributed by atoms with Gasteiger partial charge in [0.1, 0.15) is 0 Å². The molecule has 0 aromatic heterocycles. The number of hydrogen-bond donors (Lipinski definition) is 1. The fourth-order valence-corrected chi connectivity index (χ4v) is 7.09. The second-order valence-corrected chi connectivity index (χ2v) is 10.2. The summed E-state index contributed by atoms with van der Waals surface area (Å²) in [7, 11) is 0. The maximum atomic E-state index is 6.11. The van der Waals surface area contributed by atoms with Crippen molar-refractivity contribution in [1.29, 1.82) is 0 Å². The molecule has 1 N–H and O–H groups in total. The van der Waals surface area contributed by atoms with Crippen molar-refractivity contribution in [3.63, 3.8) is 0 Å². The average Bonchev–Trinajstić information content (AvgIpc) is 2.64. The van der Waals surface area contributed by atoms with Crippen molar-refractivity contribution in [2.75, 3.05) is 31.5 Å². The topological polar surface area (TPSA) is 18.5 Å². The number of nitrogens with zero attached hydrogens (tertiary/aromatic N) is 2. The number of benzene rings is 1. The van der Waals surface area contributed by atoms with E-state index < -0.39 is 0 Å². The van der Waals surface area contributed by atoms with Gasteiger partial charge in [0.05, 0.1) is 10.0 Å². The minimum absolute atomic E-state index is 0.552. The number of anilines is 1.